The molecule has 0 aromatic heterocycles. The first kappa shape index (κ1) is 69.4. The normalized spacial score (nSPS) is 12.3. The van der Waals surface area contributed by atoms with Crippen molar-refractivity contribution in [3.63, 3.8) is 0 Å². The van der Waals surface area contributed by atoms with Crippen molar-refractivity contribution in [2.75, 3.05) is 13.2 Å². The molecule has 0 fully saturated rings. The number of esters is 3. The highest BCUT2D eigenvalue weighted by Gasteiger charge is 2.19. The van der Waals surface area contributed by atoms with Crippen molar-refractivity contribution in [3.8, 4) is 0 Å². The van der Waals surface area contributed by atoms with E-state index in [9.17, 15) is 14.4 Å². The van der Waals surface area contributed by atoms with E-state index in [-0.39, 0.29) is 31.1 Å². The van der Waals surface area contributed by atoms with Crippen molar-refractivity contribution in [2.24, 2.45) is 0 Å². The largest absolute Gasteiger partial charge is 0.462 e. The Morgan fingerprint density at radius 1 is 0.278 bits per heavy atom. The fourth-order valence-corrected chi connectivity index (χ4v) is 9.23. The van der Waals surface area contributed by atoms with Gasteiger partial charge in [0.25, 0.3) is 0 Å². The molecule has 0 N–H and O–H groups in total. The molecule has 0 aromatic carbocycles. The molecule has 1 atom stereocenters. The van der Waals surface area contributed by atoms with Crippen LogP contribution in [-0.2, 0) is 28.6 Å². The van der Waals surface area contributed by atoms with E-state index in [1.54, 1.807) is 0 Å². The molecule has 0 amide bonds. The van der Waals surface area contributed by atoms with Crippen molar-refractivity contribution in [1.82, 2.24) is 0 Å². The van der Waals surface area contributed by atoms with Gasteiger partial charge >= 0.3 is 17.9 Å². The van der Waals surface area contributed by atoms with Crippen LogP contribution in [0.2, 0.25) is 0 Å². The van der Waals surface area contributed by atoms with Crippen LogP contribution in [0.25, 0.3) is 0 Å². The molecule has 0 aromatic rings. The SMILES string of the molecule is CCCCCC/C=C\C/C=C\CCCCCCCCCC(=O)OC(COC(=O)CCCCCCC/C=C\CCCCCCCC)COC(=O)CCCCCCCCCCC/C=C\CCCCCCCCCC. The maximum atomic E-state index is 12.9. The quantitative estimate of drug-likeness (QED) is 0.0261. The van der Waals surface area contributed by atoms with Crippen molar-refractivity contribution in [1.29, 1.82) is 0 Å². The monoisotopic (exact) mass is 1010 g/mol. The number of rotatable bonds is 58. The zero-order chi connectivity index (χ0) is 52.2. The van der Waals surface area contributed by atoms with E-state index in [1.807, 2.05) is 0 Å². The van der Waals surface area contributed by atoms with E-state index in [4.69, 9.17) is 14.2 Å². The molecular weight excluding hydrogens is 889 g/mol. The Morgan fingerprint density at radius 2 is 0.500 bits per heavy atom. The molecule has 0 aliphatic carbocycles. The maximum absolute atomic E-state index is 12.9. The second kappa shape index (κ2) is 60.9. The second-order valence-electron chi connectivity index (χ2n) is 21.3. The van der Waals surface area contributed by atoms with Gasteiger partial charge in [-0.05, 0) is 103 Å². The molecule has 0 aliphatic rings. The van der Waals surface area contributed by atoms with Gasteiger partial charge in [-0.3, -0.25) is 14.4 Å². The molecule has 1 unspecified atom stereocenters. The van der Waals surface area contributed by atoms with E-state index in [2.05, 4.69) is 69.4 Å². The second-order valence-corrected chi connectivity index (χ2v) is 21.3. The highest BCUT2D eigenvalue weighted by Crippen LogP contribution is 2.16. The number of ether oxygens (including phenoxy) is 3. The first-order valence-electron chi connectivity index (χ1n) is 31.6. The summed E-state index contributed by atoms with van der Waals surface area (Å²) >= 11 is 0. The van der Waals surface area contributed by atoms with Crippen LogP contribution in [-0.4, -0.2) is 37.2 Å². The molecule has 72 heavy (non-hydrogen) atoms. The number of unbranched alkanes of at least 4 members (excludes halogenated alkanes) is 39. The zero-order valence-corrected chi connectivity index (χ0v) is 48.2. The van der Waals surface area contributed by atoms with Crippen LogP contribution in [0.15, 0.2) is 48.6 Å². The Morgan fingerprint density at radius 3 is 0.792 bits per heavy atom. The minimum Gasteiger partial charge on any atom is -0.462 e. The van der Waals surface area contributed by atoms with Crippen LogP contribution in [0.3, 0.4) is 0 Å². The minimum atomic E-state index is -0.782. The predicted molar refractivity (Wildman–Crippen MR) is 312 cm³/mol. The Hall–Kier alpha value is -2.63. The number of allylic oxidation sites excluding steroid dienone is 8. The Balaban J connectivity index is 4.35. The lowest BCUT2D eigenvalue weighted by atomic mass is 10.1. The molecule has 0 heterocycles. The average Bonchev–Trinajstić information content (AvgIpc) is 3.38. The zero-order valence-electron chi connectivity index (χ0n) is 48.2. The van der Waals surface area contributed by atoms with Gasteiger partial charge in [-0.1, -0.05) is 262 Å². The van der Waals surface area contributed by atoms with Gasteiger partial charge in [-0.25, -0.2) is 0 Å². The van der Waals surface area contributed by atoms with Gasteiger partial charge in [-0.2, -0.15) is 0 Å². The first-order valence-corrected chi connectivity index (χ1v) is 31.6. The number of hydrogen-bond acceptors (Lipinski definition) is 6. The third-order valence-corrected chi connectivity index (χ3v) is 14.0. The summed E-state index contributed by atoms with van der Waals surface area (Å²) in [6.45, 7) is 6.65. The average molecular weight is 1010 g/mol. The molecule has 0 spiro atoms. The van der Waals surface area contributed by atoms with Crippen LogP contribution >= 0.6 is 0 Å². The van der Waals surface area contributed by atoms with Crippen molar-refractivity contribution < 1.29 is 28.6 Å². The molecule has 0 rings (SSSR count). The van der Waals surface area contributed by atoms with Crippen LogP contribution in [0.5, 0.6) is 0 Å². The van der Waals surface area contributed by atoms with Gasteiger partial charge in [0.1, 0.15) is 13.2 Å². The summed E-state index contributed by atoms with van der Waals surface area (Å²) in [6, 6.07) is 0. The fourth-order valence-electron chi connectivity index (χ4n) is 9.23. The maximum Gasteiger partial charge on any atom is 0.306 e. The Bertz CT molecular complexity index is 1250. The molecule has 6 heteroatoms. The standard InChI is InChI=1S/C66H120O6/c1-4-7-10-13-16-19-22-25-28-30-32-33-34-36-38-41-44-47-50-53-56-59-65(68)71-62-63(61-70-64(67)58-55-52-49-46-43-40-37-27-24-21-18-15-12-9-6-3)72-66(69)60-57-54-51-48-45-42-39-35-31-29-26-23-20-17-14-11-8-5-2/h20,23,27,29-32,37,63H,4-19,21-22,24-26,28,33-36,38-62H2,1-3H3/b23-20-,31-29-,32-30-,37-27-. The molecule has 0 aliphatic heterocycles. The van der Waals surface area contributed by atoms with E-state index in [0.717, 1.165) is 77.0 Å². The van der Waals surface area contributed by atoms with Crippen LogP contribution in [0.4, 0.5) is 0 Å². The lowest BCUT2D eigenvalue weighted by Crippen LogP contribution is -2.30. The lowest BCUT2D eigenvalue weighted by molar-refractivity contribution is -0.167. The molecule has 0 saturated heterocycles. The summed E-state index contributed by atoms with van der Waals surface area (Å²) < 4.78 is 16.9. The third kappa shape index (κ3) is 58.3. The van der Waals surface area contributed by atoms with E-state index in [1.165, 1.54) is 218 Å². The van der Waals surface area contributed by atoms with Gasteiger partial charge in [0.05, 0.1) is 0 Å². The lowest BCUT2D eigenvalue weighted by Gasteiger charge is -2.18. The molecule has 0 radical (unpaired) electrons. The molecule has 0 saturated carbocycles. The summed E-state index contributed by atoms with van der Waals surface area (Å²) in [4.78, 5) is 38.3. The fraction of sp³-hybridized carbons (Fsp3) is 0.833. The van der Waals surface area contributed by atoms with Crippen LogP contribution in [0, 0.1) is 0 Å². The van der Waals surface area contributed by atoms with Gasteiger partial charge in [-0.15, -0.1) is 0 Å². The first-order chi connectivity index (χ1) is 35.5. The van der Waals surface area contributed by atoms with E-state index in [0.29, 0.717) is 19.3 Å². The molecule has 0 bridgehead atoms. The number of carbonyl (C=O) groups excluding carboxylic acids is 3. The topological polar surface area (TPSA) is 78.9 Å². The summed E-state index contributed by atoms with van der Waals surface area (Å²) in [5.74, 6) is -0.878. The van der Waals surface area contributed by atoms with Gasteiger partial charge in [0.15, 0.2) is 6.10 Å². The summed E-state index contributed by atoms with van der Waals surface area (Å²) in [6.07, 6.45) is 75.4. The molecular formula is C66H120O6. The van der Waals surface area contributed by atoms with Crippen molar-refractivity contribution in [2.45, 2.75) is 341 Å². The number of carbonyl (C=O) groups is 3. The van der Waals surface area contributed by atoms with Crippen LogP contribution < -0.4 is 0 Å². The van der Waals surface area contributed by atoms with Gasteiger partial charge < -0.3 is 14.2 Å². The summed E-state index contributed by atoms with van der Waals surface area (Å²) in [7, 11) is 0. The van der Waals surface area contributed by atoms with Gasteiger partial charge in [0.2, 0.25) is 0 Å². The number of hydrogen-bond donors (Lipinski definition) is 0. The molecule has 6 nitrogen and oxygen atoms in total. The van der Waals surface area contributed by atoms with Gasteiger partial charge in [0, 0.05) is 19.3 Å². The highest BCUT2D eigenvalue weighted by molar-refractivity contribution is 5.71. The highest BCUT2D eigenvalue weighted by atomic mass is 16.6. The summed E-state index contributed by atoms with van der Waals surface area (Å²) in [5.41, 5.74) is 0. The van der Waals surface area contributed by atoms with Crippen molar-refractivity contribution in [3.05, 3.63) is 48.6 Å². The smallest absolute Gasteiger partial charge is 0.306 e. The predicted octanol–water partition coefficient (Wildman–Crippen LogP) is 21.4. The van der Waals surface area contributed by atoms with E-state index < -0.39 is 6.10 Å². The third-order valence-electron chi connectivity index (χ3n) is 14.0. The summed E-state index contributed by atoms with van der Waals surface area (Å²) in [5, 5.41) is 0. The Kier molecular flexibility index (Phi) is 58.7. The van der Waals surface area contributed by atoms with E-state index >= 15 is 0 Å². The minimum absolute atomic E-state index is 0.0781. The Labute approximate surface area is 448 Å². The van der Waals surface area contributed by atoms with Crippen LogP contribution in [0.1, 0.15) is 335 Å². The molecule has 420 valence electrons. The van der Waals surface area contributed by atoms with Crippen molar-refractivity contribution >= 4 is 17.9 Å².